The Bertz CT molecular complexity index is 1040. The molecule has 11 heteroatoms. The number of carbonyl (C=O) groups excluding carboxylic acids is 1. The van der Waals surface area contributed by atoms with Crippen LogP contribution in [0.15, 0.2) is 42.5 Å². The smallest absolute Gasteiger partial charge is 0.348 e. The molecule has 0 heterocycles. The number of phenols is 4. The Morgan fingerprint density at radius 1 is 0.903 bits per heavy atom. The summed E-state index contributed by atoms with van der Waals surface area (Å²) < 4.78 is 4.66. The fourth-order valence-corrected chi connectivity index (χ4v) is 2.59. The van der Waals surface area contributed by atoms with E-state index in [0.29, 0.717) is 0 Å². The van der Waals surface area contributed by atoms with E-state index < -0.39 is 59.0 Å². The number of aliphatic carboxylic acids is 2. The molecule has 0 unspecified atom stereocenters. The van der Waals surface area contributed by atoms with E-state index in [1.165, 1.54) is 6.07 Å². The number of carboxylic acid groups (broad SMARTS) is 2. The lowest BCUT2D eigenvalue weighted by Crippen LogP contribution is -2.56. The first kappa shape index (κ1) is 23.0. The molecule has 31 heavy (non-hydrogen) atoms. The molecule has 2 atom stereocenters. The summed E-state index contributed by atoms with van der Waals surface area (Å²) in [5.74, 6) is -7.30. The molecule has 0 aromatic heterocycles. The molecule has 2 rings (SSSR count). The van der Waals surface area contributed by atoms with E-state index in [-0.39, 0.29) is 11.1 Å². The van der Waals surface area contributed by atoms with E-state index in [9.17, 15) is 50.1 Å². The van der Waals surface area contributed by atoms with Gasteiger partial charge in [0.2, 0.25) is 11.7 Å². The summed E-state index contributed by atoms with van der Waals surface area (Å²) in [6.45, 7) is 0. The Kier molecular flexibility index (Phi) is 6.72. The number of aliphatic hydroxyl groups is 1. The van der Waals surface area contributed by atoms with Gasteiger partial charge in [-0.05, 0) is 41.5 Å². The molecule has 164 valence electrons. The molecular weight excluding hydrogens is 416 g/mol. The molecule has 0 bridgehead atoms. The second kappa shape index (κ2) is 9.05. The SMILES string of the molecule is O=C(C=Cc1ccc(O)c(O)c1)O[C@H](C(=O)O)[C@](O)(Cc1ccc(O)c(O)c1)C(=O)O. The van der Waals surface area contributed by atoms with Crippen molar-refractivity contribution in [2.24, 2.45) is 0 Å². The molecule has 0 fully saturated rings. The van der Waals surface area contributed by atoms with Crippen LogP contribution in [0.25, 0.3) is 6.08 Å². The standard InChI is InChI=1S/C20H18O11/c21-12-4-1-10(7-14(12)23)3-6-16(25)31-17(18(26)27)20(30,19(28)29)9-11-2-5-13(22)15(24)8-11/h1-8,17,21-24,30H,9H2,(H,26,27)(H,28,29)/t17-,20-/m1/s1. The highest BCUT2D eigenvalue weighted by atomic mass is 16.6. The summed E-state index contributed by atoms with van der Waals surface area (Å²) >= 11 is 0. The van der Waals surface area contributed by atoms with Gasteiger partial charge in [0.05, 0.1) is 0 Å². The van der Waals surface area contributed by atoms with Gasteiger partial charge in [-0.15, -0.1) is 0 Å². The van der Waals surface area contributed by atoms with Crippen LogP contribution in [0.1, 0.15) is 11.1 Å². The van der Waals surface area contributed by atoms with Crippen LogP contribution in [0.3, 0.4) is 0 Å². The molecule has 7 N–H and O–H groups in total. The normalized spacial score (nSPS) is 14.0. The average molecular weight is 434 g/mol. The van der Waals surface area contributed by atoms with Gasteiger partial charge in [0, 0.05) is 12.5 Å². The first-order chi connectivity index (χ1) is 14.4. The number of phenolic OH excluding ortho intramolecular Hbond substituents is 4. The first-order valence-corrected chi connectivity index (χ1v) is 8.54. The van der Waals surface area contributed by atoms with E-state index >= 15 is 0 Å². The highest BCUT2D eigenvalue weighted by Crippen LogP contribution is 2.29. The van der Waals surface area contributed by atoms with E-state index in [1.807, 2.05) is 0 Å². The highest BCUT2D eigenvalue weighted by Gasteiger charge is 2.51. The van der Waals surface area contributed by atoms with E-state index in [0.717, 1.165) is 42.5 Å². The molecule has 11 nitrogen and oxygen atoms in total. The zero-order valence-electron chi connectivity index (χ0n) is 15.7. The van der Waals surface area contributed by atoms with Crippen molar-refractivity contribution in [1.82, 2.24) is 0 Å². The molecule has 0 aliphatic carbocycles. The van der Waals surface area contributed by atoms with Crippen molar-refractivity contribution in [2.45, 2.75) is 18.1 Å². The minimum absolute atomic E-state index is 0.0578. The Morgan fingerprint density at radius 3 is 2.00 bits per heavy atom. The largest absolute Gasteiger partial charge is 0.504 e. The van der Waals surface area contributed by atoms with Crippen LogP contribution < -0.4 is 0 Å². The molecule has 0 aliphatic rings. The molecular formula is C20H18O11. The fourth-order valence-electron chi connectivity index (χ4n) is 2.59. The number of ether oxygens (including phenoxy) is 1. The number of esters is 1. The number of rotatable bonds is 8. The lowest BCUT2D eigenvalue weighted by Gasteiger charge is -2.29. The van der Waals surface area contributed by atoms with Crippen molar-refractivity contribution in [3.05, 3.63) is 53.6 Å². The van der Waals surface area contributed by atoms with Crippen LogP contribution >= 0.6 is 0 Å². The van der Waals surface area contributed by atoms with Gasteiger partial charge >= 0.3 is 17.9 Å². The zero-order chi connectivity index (χ0) is 23.3. The van der Waals surface area contributed by atoms with Crippen LogP contribution in [0.2, 0.25) is 0 Å². The van der Waals surface area contributed by atoms with Crippen LogP contribution in [-0.2, 0) is 25.5 Å². The minimum Gasteiger partial charge on any atom is -0.504 e. The summed E-state index contributed by atoms with van der Waals surface area (Å²) in [4.78, 5) is 35.3. The number of benzene rings is 2. The molecule has 0 spiro atoms. The van der Waals surface area contributed by atoms with Crippen molar-refractivity contribution in [1.29, 1.82) is 0 Å². The molecule has 2 aromatic rings. The third kappa shape index (κ3) is 5.42. The summed E-state index contributed by atoms with van der Waals surface area (Å²) in [6, 6.07) is 6.61. The lowest BCUT2D eigenvalue weighted by molar-refractivity contribution is -0.192. The summed E-state index contributed by atoms with van der Waals surface area (Å²) in [5, 5.41) is 66.9. The summed E-state index contributed by atoms with van der Waals surface area (Å²) in [6.07, 6.45) is -1.59. The highest BCUT2D eigenvalue weighted by molar-refractivity contribution is 5.93. The van der Waals surface area contributed by atoms with E-state index in [2.05, 4.69) is 4.74 Å². The molecule has 0 saturated heterocycles. The lowest BCUT2D eigenvalue weighted by atomic mass is 9.88. The fraction of sp³-hybridized carbons (Fsp3) is 0.150. The van der Waals surface area contributed by atoms with E-state index in [1.54, 1.807) is 0 Å². The predicted octanol–water partition coefficient (Wildman–Crippen LogP) is 0.577. The van der Waals surface area contributed by atoms with Gasteiger partial charge in [-0.25, -0.2) is 14.4 Å². The van der Waals surface area contributed by atoms with Crippen LogP contribution in [0, 0.1) is 0 Å². The third-order valence-electron chi connectivity index (χ3n) is 4.19. The maximum absolute atomic E-state index is 12.0. The third-order valence-corrected chi connectivity index (χ3v) is 4.19. The minimum atomic E-state index is -3.12. The summed E-state index contributed by atoms with van der Waals surface area (Å²) in [7, 11) is 0. The first-order valence-electron chi connectivity index (χ1n) is 8.54. The zero-order valence-corrected chi connectivity index (χ0v) is 15.7. The number of carbonyl (C=O) groups is 3. The Morgan fingerprint density at radius 2 is 1.48 bits per heavy atom. The number of carboxylic acids is 2. The summed E-state index contributed by atoms with van der Waals surface area (Å²) in [5.41, 5.74) is -2.94. The molecule has 0 aliphatic heterocycles. The predicted molar refractivity (Wildman–Crippen MR) is 102 cm³/mol. The van der Waals surface area contributed by atoms with Crippen molar-refractivity contribution in [2.75, 3.05) is 0 Å². The quantitative estimate of drug-likeness (QED) is 0.174. The Labute approximate surface area is 174 Å². The van der Waals surface area contributed by atoms with Crippen molar-refractivity contribution in [3.8, 4) is 23.0 Å². The Balaban J connectivity index is 2.27. The van der Waals surface area contributed by atoms with Crippen LogP contribution in [-0.4, -0.2) is 65.4 Å². The van der Waals surface area contributed by atoms with Gasteiger partial charge in [0.15, 0.2) is 23.0 Å². The molecule has 0 amide bonds. The topological polar surface area (TPSA) is 202 Å². The maximum Gasteiger partial charge on any atom is 0.348 e. The van der Waals surface area contributed by atoms with Crippen molar-refractivity contribution >= 4 is 24.0 Å². The van der Waals surface area contributed by atoms with Crippen molar-refractivity contribution in [3.63, 3.8) is 0 Å². The van der Waals surface area contributed by atoms with Gasteiger partial charge in [-0.2, -0.15) is 0 Å². The second-order valence-electron chi connectivity index (χ2n) is 6.47. The average Bonchev–Trinajstić information content (AvgIpc) is 2.69. The van der Waals surface area contributed by atoms with Gasteiger partial charge in [0.25, 0.3) is 0 Å². The van der Waals surface area contributed by atoms with Gasteiger partial charge in [-0.3, -0.25) is 0 Å². The molecule has 2 aromatic carbocycles. The number of hydrogen-bond acceptors (Lipinski definition) is 9. The van der Waals surface area contributed by atoms with E-state index in [4.69, 9.17) is 0 Å². The number of hydrogen-bond donors (Lipinski definition) is 7. The van der Waals surface area contributed by atoms with Gasteiger partial charge in [0.1, 0.15) is 0 Å². The second-order valence-corrected chi connectivity index (χ2v) is 6.47. The van der Waals surface area contributed by atoms with Gasteiger partial charge < -0.3 is 40.5 Å². The Hall–Kier alpha value is -4.25. The van der Waals surface area contributed by atoms with Gasteiger partial charge in [-0.1, -0.05) is 12.1 Å². The monoisotopic (exact) mass is 434 g/mol. The number of aromatic hydroxyl groups is 4. The maximum atomic E-state index is 12.0. The molecule has 0 saturated carbocycles. The van der Waals surface area contributed by atoms with Crippen LogP contribution in [0.5, 0.6) is 23.0 Å². The molecule has 0 radical (unpaired) electrons. The van der Waals surface area contributed by atoms with Crippen LogP contribution in [0.4, 0.5) is 0 Å². The van der Waals surface area contributed by atoms with Crippen molar-refractivity contribution < 1.29 is 54.9 Å².